The number of carbonyl (C=O) groups is 1. The van der Waals surface area contributed by atoms with E-state index in [9.17, 15) is 9.90 Å². The molecule has 0 saturated carbocycles. The molecule has 2 aromatic carbocycles. The molecule has 27 heavy (non-hydrogen) atoms. The highest BCUT2D eigenvalue weighted by atomic mass is 32.2. The summed E-state index contributed by atoms with van der Waals surface area (Å²) in [6.45, 7) is 5.22. The minimum atomic E-state index is -0.451. The molecule has 0 aliphatic heterocycles. The average molecular weight is 383 g/mol. The number of likely N-dealkylation sites (N-methyl/N-ethyl adjacent to an activating group) is 1. The van der Waals surface area contributed by atoms with Crippen molar-refractivity contribution in [1.82, 2.24) is 25.1 Å². The van der Waals surface area contributed by atoms with Crippen LogP contribution in [0.1, 0.15) is 24.7 Å². The summed E-state index contributed by atoms with van der Waals surface area (Å²) in [4.78, 5) is 14.9. The molecule has 0 spiro atoms. The molecule has 1 atom stereocenters. The summed E-state index contributed by atoms with van der Waals surface area (Å²) in [6, 6.07) is 16.2. The van der Waals surface area contributed by atoms with E-state index in [1.54, 1.807) is 33.8 Å². The van der Waals surface area contributed by atoms with Crippen LogP contribution < -0.4 is 0 Å². The van der Waals surface area contributed by atoms with Crippen LogP contribution in [0.2, 0.25) is 0 Å². The lowest BCUT2D eigenvalue weighted by molar-refractivity contribution is -0.130. The Morgan fingerprint density at radius 1 is 1.11 bits per heavy atom. The van der Waals surface area contributed by atoms with Gasteiger partial charge in [0.25, 0.3) is 0 Å². The Balaban J connectivity index is 1.95. The second kappa shape index (κ2) is 8.68. The maximum Gasteiger partial charge on any atom is 0.240 e. The van der Waals surface area contributed by atoms with E-state index in [1.807, 2.05) is 44.2 Å². The maximum atomic E-state index is 13.1. The topological polar surface area (TPSA) is 84.1 Å². The Hall–Kier alpha value is -2.87. The summed E-state index contributed by atoms with van der Waals surface area (Å²) >= 11 is 1.31. The quantitative estimate of drug-likeness (QED) is 0.631. The first-order chi connectivity index (χ1) is 13.1. The van der Waals surface area contributed by atoms with E-state index in [4.69, 9.17) is 0 Å². The molecule has 0 radical (unpaired) electrons. The highest BCUT2D eigenvalue weighted by molar-refractivity contribution is 8.00. The van der Waals surface area contributed by atoms with Gasteiger partial charge in [0.15, 0.2) is 0 Å². The smallest absolute Gasteiger partial charge is 0.240 e. The Kier molecular flexibility index (Phi) is 6.08. The number of amides is 1. The summed E-state index contributed by atoms with van der Waals surface area (Å²) in [5.41, 5.74) is 1.61. The molecule has 7 nitrogen and oxygen atoms in total. The molecule has 0 aliphatic carbocycles. The van der Waals surface area contributed by atoms with E-state index in [0.717, 1.165) is 5.56 Å². The molecule has 3 aromatic rings. The number of phenols is 1. The fourth-order valence-corrected chi connectivity index (χ4v) is 3.78. The van der Waals surface area contributed by atoms with Crippen LogP contribution in [-0.4, -0.2) is 49.2 Å². The molecule has 140 valence electrons. The standard InChI is InChI=1S/C19H21N5O2S/c1-3-23(4-2)18(26)17(14-8-6-5-7-9-14)27-19-20-21-22-24(19)15-10-12-16(25)13-11-15/h5-13,17,25H,3-4H2,1-2H3/t17-/m0/s1. The molecule has 1 aromatic heterocycles. The Bertz CT molecular complexity index is 879. The van der Waals surface area contributed by atoms with E-state index in [1.165, 1.54) is 11.8 Å². The first kappa shape index (κ1) is 18.9. The molecule has 0 fully saturated rings. The molecule has 8 heteroatoms. The third kappa shape index (κ3) is 4.28. The van der Waals surface area contributed by atoms with Crippen molar-refractivity contribution in [2.24, 2.45) is 0 Å². The highest BCUT2D eigenvalue weighted by Gasteiger charge is 2.28. The van der Waals surface area contributed by atoms with E-state index < -0.39 is 5.25 Å². The van der Waals surface area contributed by atoms with Crippen molar-refractivity contribution in [2.75, 3.05) is 13.1 Å². The van der Waals surface area contributed by atoms with Crippen molar-refractivity contribution in [1.29, 1.82) is 0 Å². The van der Waals surface area contributed by atoms with Gasteiger partial charge in [-0.25, -0.2) is 0 Å². The van der Waals surface area contributed by atoms with E-state index in [-0.39, 0.29) is 11.7 Å². The molecular weight excluding hydrogens is 362 g/mol. The van der Waals surface area contributed by atoms with Gasteiger partial charge in [-0.1, -0.05) is 42.1 Å². The van der Waals surface area contributed by atoms with Crippen LogP contribution in [0, 0.1) is 0 Å². The highest BCUT2D eigenvalue weighted by Crippen LogP contribution is 2.36. The fraction of sp³-hybridized carbons (Fsp3) is 0.263. The monoisotopic (exact) mass is 383 g/mol. The second-order valence-electron chi connectivity index (χ2n) is 5.81. The first-order valence-corrected chi connectivity index (χ1v) is 9.60. The van der Waals surface area contributed by atoms with Crippen LogP contribution in [0.15, 0.2) is 59.8 Å². The van der Waals surface area contributed by atoms with Crippen LogP contribution in [0.3, 0.4) is 0 Å². The summed E-state index contributed by atoms with van der Waals surface area (Å²) in [5, 5.41) is 21.5. The van der Waals surface area contributed by atoms with Crippen molar-refractivity contribution in [3.63, 3.8) is 0 Å². The summed E-state index contributed by atoms with van der Waals surface area (Å²) in [7, 11) is 0. The number of aromatic nitrogens is 4. The van der Waals surface area contributed by atoms with Gasteiger partial charge in [0.2, 0.25) is 11.1 Å². The summed E-state index contributed by atoms with van der Waals surface area (Å²) < 4.78 is 1.57. The maximum absolute atomic E-state index is 13.1. The van der Waals surface area contributed by atoms with E-state index >= 15 is 0 Å². The van der Waals surface area contributed by atoms with Crippen molar-refractivity contribution in [3.05, 3.63) is 60.2 Å². The normalized spacial score (nSPS) is 11.9. The van der Waals surface area contributed by atoms with Crippen molar-refractivity contribution in [2.45, 2.75) is 24.3 Å². The van der Waals surface area contributed by atoms with Crippen LogP contribution in [0.5, 0.6) is 5.75 Å². The van der Waals surface area contributed by atoms with E-state index in [2.05, 4.69) is 15.5 Å². The molecule has 3 rings (SSSR count). The number of hydrogen-bond acceptors (Lipinski definition) is 6. The SMILES string of the molecule is CCN(CC)C(=O)[C@@H](Sc1nnnn1-c1ccc(O)cc1)c1ccccc1. The third-order valence-electron chi connectivity index (χ3n) is 4.16. The number of carbonyl (C=O) groups excluding carboxylic acids is 1. The lowest BCUT2D eigenvalue weighted by atomic mass is 10.1. The van der Waals surface area contributed by atoms with Gasteiger partial charge in [-0.15, -0.1) is 5.10 Å². The molecule has 0 saturated heterocycles. The second-order valence-corrected chi connectivity index (χ2v) is 6.88. The molecule has 1 heterocycles. The Morgan fingerprint density at radius 2 is 1.78 bits per heavy atom. The third-order valence-corrected chi connectivity index (χ3v) is 5.34. The molecular formula is C19H21N5O2S. The molecule has 1 N–H and O–H groups in total. The lowest BCUT2D eigenvalue weighted by Crippen LogP contribution is -2.34. The zero-order chi connectivity index (χ0) is 19.2. The van der Waals surface area contributed by atoms with Gasteiger partial charge in [-0.2, -0.15) is 4.68 Å². The molecule has 0 unspecified atom stereocenters. The number of hydrogen-bond donors (Lipinski definition) is 1. The molecule has 1 amide bonds. The van der Waals surface area contributed by atoms with Crippen molar-refractivity contribution >= 4 is 17.7 Å². The van der Waals surface area contributed by atoms with Crippen LogP contribution in [0.4, 0.5) is 0 Å². The van der Waals surface area contributed by atoms with Gasteiger partial charge >= 0.3 is 0 Å². The van der Waals surface area contributed by atoms with Gasteiger partial charge < -0.3 is 10.0 Å². The fourth-order valence-electron chi connectivity index (χ4n) is 2.70. The van der Waals surface area contributed by atoms with Gasteiger partial charge in [-0.05, 0) is 54.1 Å². The predicted octanol–water partition coefficient (Wildman–Crippen LogP) is 3.07. The summed E-state index contributed by atoms with van der Waals surface area (Å²) in [6.07, 6.45) is 0. The van der Waals surface area contributed by atoms with Gasteiger partial charge in [0.05, 0.1) is 5.69 Å². The van der Waals surface area contributed by atoms with E-state index in [0.29, 0.717) is 23.9 Å². The number of benzene rings is 2. The van der Waals surface area contributed by atoms with Crippen LogP contribution >= 0.6 is 11.8 Å². The van der Waals surface area contributed by atoms with Gasteiger partial charge in [-0.3, -0.25) is 4.79 Å². The first-order valence-electron chi connectivity index (χ1n) is 8.72. The van der Waals surface area contributed by atoms with Crippen molar-refractivity contribution < 1.29 is 9.90 Å². The largest absolute Gasteiger partial charge is 0.508 e. The van der Waals surface area contributed by atoms with Crippen LogP contribution in [-0.2, 0) is 4.79 Å². The number of aromatic hydroxyl groups is 1. The number of rotatable bonds is 7. The number of thioether (sulfide) groups is 1. The Morgan fingerprint density at radius 3 is 2.41 bits per heavy atom. The minimum absolute atomic E-state index is 0.0245. The number of tetrazole rings is 1. The number of nitrogens with zero attached hydrogens (tertiary/aromatic N) is 5. The lowest BCUT2D eigenvalue weighted by Gasteiger charge is -2.24. The van der Waals surface area contributed by atoms with Crippen LogP contribution in [0.25, 0.3) is 5.69 Å². The molecule has 0 aliphatic rings. The van der Waals surface area contributed by atoms with Gasteiger partial charge in [0, 0.05) is 13.1 Å². The average Bonchev–Trinajstić information content (AvgIpc) is 3.16. The molecule has 0 bridgehead atoms. The Labute approximate surface area is 162 Å². The number of phenolic OH excluding ortho intramolecular Hbond substituents is 1. The zero-order valence-corrected chi connectivity index (χ0v) is 16.0. The zero-order valence-electron chi connectivity index (χ0n) is 15.2. The van der Waals surface area contributed by atoms with Gasteiger partial charge in [0.1, 0.15) is 11.0 Å². The predicted molar refractivity (Wildman–Crippen MR) is 104 cm³/mol. The van der Waals surface area contributed by atoms with Crippen molar-refractivity contribution in [3.8, 4) is 11.4 Å². The summed E-state index contributed by atoms with van der Waals surface area (Å²) in [5.74, 6) is 0.191. The minimum Gasteiger partial charge on any atom is -0.508 e.